The van der Waals surface area contributed by atoms with Crippen LogP contribution in [0.2, 0.25) is 0 Å². The quantitative estimate of drug-likeness (QED) is 0.502. The number of carbonyl (C=O) groups excluding carboxylic acids is 1. The minimum atomic E-state index is -3.97. The van der Waals surface area contributed by atoms with Crippen molar-refractivity contribution >= 4 is 32.7 Å². The molecule has 0 saturated carbocycles. The number of anilines is 1. The standard InChI is InChI=1S/C15H14N4O5S/c1-24-18-14(20)10-4-2-3-5-11(10)19-25(22,23)9-6-7-12-13(8-9)17-15(21)16-12/h2-8,19H,1H3,(H,18,20)(H2,16,17,21). The SMILES string of the molecule is CONC(=O)c1ccccc1NS(=O)(=O)c1ccc2[nH]c(=O)[nH]c2c1. The van der Waals surface area contributed by atoms with Gasteiger partial charge in [-0.2, -0.15) is 0 Å². The van der Waals surface area contributed by atoms with Crippen molar-refractivity contribution in [1.29, 1.82) is 0 Å². The predicted octanol–water partition coefficient (Wildman–Crippen LogP) is 0.948. The third kappa shape index (κ3) is 3.39. The predicted molar refractivity (Wildman–Crippen MR) is 90.6 cm³/mol. The number of carbonyl (C=O) groups is 1. The van der Waals surface area contributed by atoms with Crippen molar-refractivity contribution < 1.29 is 18.0 Å². The molecule has 0 bridgehead atoms. The van der Waals surface area contributed by atoms with E-state index in [1.165, 1.54) is 37.4 Å². The molecule has 1 heterocycles. The maximum atomic E-state index is 12.6. The molecule has 10 heteroatoms. The highest BCUT2D eigenvalue weighted by Crippen LogP contribution is 2.21. The zero-order valence-electron chi connectivity index (χ0n) is 13.0. The largest absolute Gasteiger partial charge is 0.323 e. The van der Waals surface area contributed by atoms with Crippen LogP contribution in [-0.2, 0) is 14.9 Å². The number of hydroxylamine groups is 1. The first kappa shape index (κ1) is 16.7. The summed E-state index contributed by atoms with van der Waals surface area (Å²) < 4.78 is 27.6. The highest BCUT2D eigenvalue weighted by molar-refractivity contribution is 7.92. The number of benzene rings is 2. The number of imidazole rings is 1. The molecule has 3 rings (SSSR count). The molecule has 0 aliphatic rings. The second-order valence-electron chi connectivity index (χ2n) is 5.07. The molecule has 130 valence electrons. The molecule has 2 aromatic carbocycles. The molecule has 1 aromatic heterocycles. The van der Waals surface area contributed by atoms with Gasteiger partial charge in [-0.1, -0.05) is 12.1 Å². The second-order valence-corrected chi connectivity index (χ2v) is 6.76. The van der Waals surface area contributed by atoms with Crippen LogP contribution in [0.15, 0.2) is 52.2 Å². The van der Waals surface area contributed by atoms with E-state index in [9.17, 15) is 18.0 Å². The summed E-state index contributed by atoms with van der Waals surface area (Å²) in [5, 5.41) is 0. The molecular weight excluding hydrogens is 348 g/mol. The Balaban J connectivity index is 1.98. The van der Waals surface area contributed by atoms with Gasteiger partial charge < -0.3 is 9.97 Å². The third-order valence-electron chi connectivity index (χ3n) is 3.41. The van der Waals surface area contributed by atoms with Crippen molar-refractivity contribution in [3.8, 4) is 0 Å². The molecule has 0 atom stereocenters. The van der Waals surface area contributed by atoms with E-state index >= 15 is 0 Å². The summed E-state index contributed by atoms with van der Waals surface area (Å²) in [7, 11) is -2.70. The molecule has 0 radical (unpaired) electrons. The van der Waals surface area contributed by atoms with Crippen molar-refractivity contribution in [2.24, 2.45) is 0 Å². The molecule has 3 aromatic rings. The number of aromatic amines is 2. The molecule has 0 aliphatic heterocycles. The summed E-state index contributed by atoms with van der Waals surface area (Å²) in [6.07, 6.45) is 0. The van der Waals surface area contributed by atoms with Crippen molar-refractivity contribution in [3.63, 3.8) is 0 Å². The van der Waals surface area contributed by atoms with E-state index in [-0.39, 0.29) is 16.1 Å². The van der Waals surface area contributed by atoms with Crippen molar-refractivity contribution in [2.45, 2.75) is 4.90 Å². The molecule has 9 nitrogen and oxygen atoms in total. The molecule has 0 aliphatic carbocycles. The Hall–Kier alpha value is -3.11. The van der Waals surface area contributed by atoms with E-state index in [0.717, 1.165) is 0 Å². The van der Waals surface area contributed by atoms with Crippen LogP contribution in [-0.4, -0.2) is 31.4 Å². The Labute approximate surface area is 142 Å². The van der Waals surface area contributed by atoms with E-state index in [2.05, 4.69) is 25.0 Å². The van der Waals surface area contributed by atoms with Crippen LogP contribution >= 0.6 is 0 Å². The number of nitrogens with one attached hydrogen (secondary N) is 4. The Bertz CT molecular complexity index is 1100. The van der Waals surface area contributed by atoms with Gasteiger partial charge in [0.05, 0.1) is 34.3 Å². The van der Waals surface area contributed by atoms with E-state index < -0.39 is 21.6 Å². The smallest absolute Gasteiger partial charge is 0.306 e. The Morgan fingerprint density at radius 1 is 1.08 bits per heavy atom. The number of hydrogen-bond donors (Lipinski definition) is 4. The number of fused-ring (bicyclic) bond motifs is 1. The van der Waals surface area contributed by atoms with Crippen molar-refractivity contribution in [1.82, 2.24) is 15.4 Å². The normalized spacial score (nSPS) is 11.4. The zero-order valence-corrected chi connectivity index (χ0v) is 13.8. The van der Waals surface area contributed by atoms with E-state index in [0.29, 0.717) is 11.0 Å². The summed E-state index contributed by atoms with van der Waals surface area (Å²) in [4.78, 5) is 32.8. The first-order chi connectivity index (χ1) is 11.9. The highest BCUT2D eigenvalue weighted by Gasteiger charge is 2.19. The fourth-order valence-electron chi connectivity index (χ4n) is 2.30. The molecule has 0 spiro atoms. The molecule has 25 heavy (non-hydrogen) atoms. The lowest BCUT2D eigenvalue weighted by Crippen LogP contribution is -2.24. The monoisotopic (exact) mass is 362 g/mol. The van der Waals surface area contributed by atoms with Gasteiger partial charge in [0, 0.05) is 0 Å². The van der Waals surface area contributed by atoms with Crippen molar-refractivity contribution in [2.75, 3.05) is 11.8 Å². The molecule has 0 saturated heterocycles. The molecule has 1 amide bonds. The first-order valence-corrected chi connectivity index (χ1v) is 8.56. The summed E-state index contributed by atoms with van der Waals surface area (Å²) in [6, 6.07) is 10.3. The van der Waals surface area contributed by atoms with E-state index in [4.69, 9.17) is 0 Å². The van der Waals surface area contributed by atoms with Crippen LogP contribution in [0.25, 0.3) is 11.0 Å². The van der Waals surface area contributed by atoms with Crippen LogP contribution in [0, 0.1) is 0 Å². The zero-order chi connectivity index (χ0) is 18.0. The van der Waals surface area contributed by atoms with Crippen LogP contribution in [0.1, 0.15) is 10.4 Å². The lowest BCUT2D eigenvalue weighted by molar-refractivity contribution is 0.0538. The maximum absolute atomic E-state index is 12.6. The van der Waals surface area contributed by atoms with Gasteiger partial charge in [0.25, 0.3) is 15.9 Å². The summed E-state index contributed by atoms with van der Waals surface area (Å²) in [6.45, 7) is 0. The Morgan fingerprint density at radius 3 is 2.56 bits per heavy atom. The molecule has 0 fully saturated rings. The van der Waals surface area contributed by atoms with Gasteiger partial charge in [-0.3, -0.25) is 14.4 Å². The number of rotatable bonds is 5. The lowest BCUT2D eigenvalue weighted by atomic mass is 10.2. The number of hydrogen-bond acceptors (Lipinski definition) is 5. The number of H-pyrrole nitrogens is 2. The van der Waals surface area contributed by atoms with Gasteiger partial charge in [0.1, 0.15) is 0 Å². The third-order valence-corrected chi connectivity index (χ3v) is 4.77. The fraction of sp³-hybridized carbons (Fsp3) is 0.0667. The van der Waals surface area contributed by atoms with E-state index in [1.807, 2.05) is 0 Å². The van der Waals surface area contributed by atoms with Gasteiger partial charge in [-0.25, -0.2) is 18.7 Å². The molecule has 0 unspecified atom stereocenters. The molecular formula is C15H14N4O5S. The van der Waals surface area contributed by atoms with Gasteiger partial charge in [0.15, 0.2) is 0 Å². The summed E-state index contributed by atoms with van der Waals surface area (Å²) in [5.41, 5.74) is 2.75. The average molecular weight is 362 g/mol. The highest BCUT2D eigenvalue weighted by atomic mass is 32.2. The Morgan fingerprint density at radius 2 is 1.80 bits per heavy atom. The topological polar surface area (TPSA) is 133 Å². The van der Waals surface area contributed by atoms with Gasteiger partial charge >= 0.3 is 5.69 Å². The van der Waals surface area contributed by atoms with Crippen LogP contribution in [0.4, 0.5) is 5.69 Å². The van der Waals surface area contributed by atoms with Gasteiger partial charge in [-0.05, 0) is 30.3 Å². The Kier molecular flexibility index (Phi) is 4.30. The second kappa shape index (κ2) is 6.42. The van der Waals surface area contributed by atoms with Gasteiger partial charge in [0.2, 0.25) is 0 Å². The van der Waals surface area contributed by atoms with Crippen molar-refractivity contribution in [3.05, 3.63) is 58.5 Å². The van der Waals surface area contributed by atoms with Crippen LogP contribution in [0.3, 0.4) is 0 Å². The van der Waals surface area contributed by atoms with Crippen LogP contribution in [0.5, 0.6) is 0 Å². The number of amides is 1. The van der Waals surface area contributed by atoms with Gasteiger partial charge in [-0.15, -0.1) is 0 Å². The fourth-order valence-corrected chi connectivity index (χ4v) is 3.41. The first-order valence-electron chi connectivity index (χ1n) is 7.08. The van der Waals surface area contributed by atoms with E-state index in [1.54, 1.807) is 12.1 Å². The van der Waals surface area contributed by atoms with Crippen LogP contribution < -0.4 is 15.9 Å². The molecule has 4 N–H and O–H groups in total. The summed E-state index contributed by atoms with van der Waals surface area (Å²) in [5.74, 6) is -0.591. The average Bonchev–Trinajstić information content (AvgIpc) is 2.94. The minimum Gasteiger partial charge on any atom is -0.306 e. The maximum Gasteiger partial charge on any atom is 0.323 e. The minimum absolute atomic E-state index is 0.0581. The summed E-state index contributed by atoms with van der Waals surface area (Å²) >= 11 is 0. The number of para-hydroxylation sites is 1. The number of sulfonamides is 1. The lowest BCUT2D eigenvalue weighted by Gasteiger charge is -2.12. The number of aromatic nitrogens is 2.